The summed E-state index contributed by atoms with van der Waals surface area (Å²) in [5.41, 5.74) is 0.471. The molecular weight excluding hydrogens is 258 g/mol. The van der Waals surface area contributed by atoms with Crippen LogP contribution in [0.15, 0.2) is 27.8 Å². The lowest BCUT2D eigenvalue weighted by Gasteiger charge is -2.14. The van der Waals surface area contributed by atoms with Crippen molar-refractivity contribution >= 4 is 22.1 Å². The fourth-order valence-electron chi connectivity index (χ4n) is 0.871. The Hall–Kier alpha value is -1.03. The van der Waals surface area contributed by atoms with Gasteiger partial charge in [0.05, 0.1) is 6.21 Å². The number of rotatable bonds is 2. The molecule has 82 valence electrons. The maximum Gasteiger partial charge on any atom is 0.129 e. The van der Waals surface area contributed by atoms with E-state index in [2.05, 4.69) is 21.1 Å². The van der Waals surface area contributed by atoms with Gasteiger partial charge in [-0.25, -0.2) is 0 Å². The molecular formula is C11H14BrNO2. The summed E-state index contributed by atoms with van der Waals surface area (Å²) in [7, 11) is 0. The Morgan fingerprint density at radius 2 is 2.07 bits per heavy atom. The lowest BCUT2D eigenvalue weighted by atomic mass is 10.2. The minimum Gasteiger partial charge on any atom is -0.508 e. The smallest absolute Gasteiger partial charge is 0.129 e. The molecule has 4 heteroatoms. The zero-order valence-corrected chi connectivity index (χ0v) is 10.6. The van der Waals surface area contributed by atoms with Gasteiger partial charge in [-0.15, -0.1) is 0 Å². The van der Waals surface area contributed by atoms with Crippen LogP contribution in [0.2, 0.25) is 0 Å². The van der Waals surface area contributed by atoms with Crippen LogP contribution in [0.4, 0.5) is 0 Å². The second-order valence-corrected chi connectivity index (χ2v) is 5.00. The van der Waals surface area contributed by atoms with Crippen molar-refractivity contribution in [3.63, 3.8) is 0 Å². The minimum atomic E-state index is -0.306. The van der Waals surface area contributed by atoms with Gasteiger partial charge in [0.2, 0.25) is 0 Å². The molecule has 1 aromatic carbocycles. The molecule has 0 aliphatic heterocycles. The van der Waals surface area contributed by atoms with Crippen molar-refractivity contribution in [1.29, 1.82) is 0 Å². The molecule has 0 bridgehead atoms. The molecule has 1 aromatic rings. The average Bonchev–Trinajstić information content (AvgIpc) is 2.09. The van der Waals surface area contributed by atoms with E-state index in [9.17, 15) is 5.11 Å². The number of halogens is 1. The van der Waals surface area contributed by atoms with Crippen LogP contribution in [0.3, 0.4) is 0 Å². The van der Waals surface area contributed by atoms with E-state index in [1.54, 1.807) is 24.4 Å². The number of aromatic hydroxyl groups is 1. The van der Waals surface area contributed by atoms with Gasteiger partial charge < -0.3 is 9.94 Å². The molecule has 0 aliphatic carbocycles. The van der Waals surface area contributed by atoms with Crippen molar-refractivity contribution < 1.29 is 9.94 Å². The molecule has 0 saturated heterocycles. The molecule has 1 rings (SSSR count). The van der Waals surface area contributed by atoms with E-state index in [1.165, 1.54) is 0 Å². The van der Waals surface area contributed by atoms with Crippen LogP contribution < -0.4 is 0 Å². The quantitative estimate of drug-likeness (QED) is 0.663. The van der Waals surface area contributed by atoms with Crippen LogP contribution in [0.1, 0.15) is 26.3 Å². The highest BCUT2D eigenvalue weighted by Crippen LogP contribution is 2.20. The largest absolute Gasteiger partial charge is 0.508 e. The second kappa shape index (κ2) is 4.66. The Morgan fingerprint density at radius 1 is 1.40 bits per heavy atom. The van der Waals surface area contributed by atoms with Crippen molar-refractivity contribution in [3.05, 3.63) is 28.2 Å². The summed E-state index contributed by atoms with van der Waals surface area (Å²) < 4.78 is 0.863. The molecule has 0 spiro atoms. The Balaban J connectivity index is 2.76. The average molecular weight is 272 g/mol. The number of oxime groups is 1. The first-order valence-electron chi connectivity index (χ1n) is 4.58. The highest BCUT2D eigenvalue weighted by molar-refractivity contribution is 9.10. The number of phenolic OH excluding ortho intramolecular Hbond substituents is 1. The molecule has 3 nitrogen and oxygen atoms in total. The van der Waals surface area contributed by atoms with E-state index >= 15 is 0 Å². The monoisotopic (exact) mass is 271 g/mol. The van der Waals surface area contributed by atoms with Crippen LogP contribution >= 0.6 is 15.9 Å². The van der Waals surface area contributed by atoms with E-state index in [0.29, 0.717) is 0 Å². The van der Waals surface area contributed by atoms with E-state index in [4.69, 9.17) is 4.84 Å². The van der Waals surface area contributed by atoms with Gasteiger partial charge >= 0.3 is 0 Å². The van der Waals surface area contributed by atoms with Gasteiger partial charge in [-0.2, -0.15) is 0 Å². The van der Waals surface area contributed by atoms with Crippen molar-refractivity contribution in [2.45, 2.75) is 26.4 Å². The van der Waals surface area contributed by atoms with Gasteiger partial charge in [-0.3, -0.25) is 0 Å². The zero-order chi connectivity index (χ0) is 11.5. The second-order valence-electron chi connectivity index (χ2n) is 4.14. The first kappa shape index (κ1) is 12.0. The van der Waals surface area contributed by atoms with E-state index < -0.39 is 0 Å². The molecule has 0 atom stereocenters. The first-order valence-corrected chi connectivity index (χ1v) is 5.38. The Morgan fingerprint density at radius 3 is 2.67 bits per heavy atom. The van der Waals surface area contributed by atoms with E-state index in [1.807, 2.05) is 20.8 Å². The highest BCUT2D eigenvalue weighted by atomic mass is 79.9. The topological polar surface area (TPSA) is 41.8 Å². The van der Waals surface area contributed by atoms with Gasteiger partial charge in [-0.05, 0) is 39.0 Å². The lowest BCUT2D eigenvalue weighted by molar-refractivity contribution is 0.00199. The van der Waals surface area contributed by atoms with Gasteiger partial charge in [0.15, 0.2) is 0 Å². The molecule has 0 aliphatic rings. The third-order valence-corrected chi connectivity index (χ3v) is 2.22. The van der Waals surface area contributed by atoms with Gasteiger partial charge in [-0.1, -0.05) is 21.1 Å². The van der Waals surface area contributed by atoms with Gasteiger partial charge in [0.1, 0.15) is 11.4 Å². The summed E-state index contributed by atoms with van der Waals surface area (Å²) in [6.07, 6.45) is 1.56. The highest BCUT2D eigenvalue weighted by Gasteiger charge is 2.09. The molecule has 1 N–H and O–H groups in total. The van der Waals surface area contributed by atoms with Gasteiger partial charge in [0, 0.05) is 10.0 Å². The third-order valence-electron chi connectivity index (χ3n) is 1.50. The molecule has 0 radical (unpaired) electrons. The van der Waals surface area contributed by atoms with E-state index in [0.717, 1.165) is 10.0 Å². The molecule has 0 saturated carbocycles. The van der Waals surface area contributed by atoms with Crippen LogP contribution in [0, 0.1) is 0 Å². The predicted molar refractivity (Wildman–Crippen MR) is 64.2 cm³/mol. The summed E-state index contributed by atoms with van der Waals surface area (Å²) in [6, 6.07) is 4.97. The lowest BCUT2D eigenvalue weighted by Crippen LogP contribution is -2.15. The van der Waals surface area contributed by atoms with Crippen LogP contribution in [0.25, 0.3) is 0 Å². The predicted octanol–water partition coefficient (Wildman–Crippen LogP) is 3.30. The maximum absolute atomic E-state index is 9.27. The minimum absolute atomic E-state index is 0.204. The zero-order valence-electron chi connectivity index (χ0n) is 8.99. The molecule has 0 aromatic heterocycles. The number of phenols is 1. The third kappa shape index (κ3) is 4.34. The van der Waals surface area contributed by atoms with Gasteiger partial charge in [0.25, 0.3) is 0 Å². The SMILES string of the molecule is CC(C)(C)O/N=C/c1cc(O)ccc1Br. The molecule has 0 amide bonds. The Kier molecular flexibility index (Phi) is 3.74. The van der Waals surface area contributed by atoms with Crippen LogP contribution in [-0.4, -0.2) is 16.9 Å². The summed E-state index contributed by atoms with van der Waals surface area (Å²) in [5.74, 6) is 0.204. The number of hydrogen-bond acceptors (Lipinski definition) is 3. The van der Waals surface area contributed by atoms with E-state index in [-0.39, 0.29) is 11.4 Å². The fourth-order valence-corrected chi connectivity index (χ4v) is 1.22. The molecule has 0 unspecified atom stereocenters. The van der Waals surface area contributed by atoms with Crippen LogP contribution in [-0.2, 0) is 4.84 Å². The summed E-state index contributed by atoms with van der Waals surface area (Å²) in [4.78, 5) is 5.20. The molecule has 15 heavy (non-hydrogen) atoms. The van der Waals surface area contributed by atoms with Crippen molar-refractivity contribution in [1.82, 2.24) is 0 Å². The summed E-state index contributed by atoms with van der Waals surface area (Å²) >= 11 is 3.35. The molecule has 0 fully saturated rings. The Bertz CT molecular complexity index is 369. The normalized spacial score (nSPS) is 12.0. The summed E-state index contributed by atoms with van der Waals surface area (Å²) in [5, 5.41) is 13.1. The maximum atomic E-state index is 9.27. The van der Waals surface area contributed by atoms with Crippen molar-refractivity contribution in [3.8, 4) is 5.75 Å². The fraction of sp³-hybridized carbons (Fsp3) is 0.364. The molecule has 0 heterocycles. The van der Waals surface area contributed by atoms with Crippen molar-refractivity contribution in [2.75, 3.05) is 0 Å². The summed E-state index contributed by atoms with van der Waals surface area (Å²) in [6.45, 7) is 5.76. The number of nitrogens with zero attached hydrogens (tertiary/aromatic N) is 1. The van der Waals surface area contributed by atoms with Crippen LogP contribution in [0.5, 0.6) is 5.75 Å². The number of hydrogen-bond donors (Lipinski definition) is 1. The van der Waals surface area contributed by atoms with Crippen molar-refractivity contribution in [2.24, 2.45) is 5.16 Å². The standard InChI is InChI=1S/C11H14BrNO2/c1-11(2,3)15-13-7-8-6-9(14)4-5-10(8)12/h4-7,14H,1-3H3/b13-7+. The number of benzene rings is 1. The first-order chi connectivity index (χ1) is 6.88. The Labute approximate surface area is 97.9 Å².